The van der Waals surface area contributed by atoms with Gasteiger partial charge in [-0.15, -0.1) is 11.3 Å². The Labute approximate surface area is 132 Å². The zero-order valence-corrected chi connectivity index (χ0v) is 14.4. The molecule has 1 aromatic heterocycles. The average molecular weight is 309 g/mol. The molecule has 118 valence electrons. The molecule has 1 aliphatic carbocycles. The Balaban J connectivity index is 1.87. The lowest BCUT2D eigenvalue weighted by molar-refractivity contribution is -0.116. The number of anilines is 1. The monoisotopic (exact) mass is 309 g/mol. The number of amides is 1. The molecule has 3 atom stereocenters. The van der Waals surface area contributed by atoms with Crippen LogP contribution in [-0.4, -0.2) is 23.5 Å². The molecule has 21 heavy (non-hydrogen) atoms. The van der Waals surface area contributed by atoms with Crippen molar-refractivity contribution in [2.45, 2.75) is 59.5 Å². The van der Waals surface area contributed by atoms with Crippen LogP contribution in [0.15, 0.2) is 5.38 Å². The molecule has 0 aliphatic heterocycles. The van der Waals surface area contributed by atoms with Crippen LogP contribution in [0.25, 0.3) is 0 Å². The molecule has 3 unspecified atom stereocenters. The highest BCUT2D eigenvalue weighted by Gasteiger charge is 2.24. The van der Waals surface area contributed by atoms with E-state index in [-0.39, 0.29) is 5.91 Å². The number of rotatable bonds is 5. The van der Waals surface area contributed by atoms with Crippen LogP contribution in [0.3, 0.4) is 0 Å². The van der Waals surface area contributed by atoms with Gasteiger partial charge in [0.05, 0.1) is 5.69 Å². The summed E-state index contributed by atoms with van der Waals surface area (Å²) in [6.45, 7) is 9.75. The number of carbonyl (C=O) groups is 1. The van der Waals surface area contributed by atoms with E-state index >= 15 is 0 Å². The molecule has 0 bridgehead atoms. The van der Waals surface area contributed by atoms with Crippen LogP contribution in [0.4, 0.5) is 5.13 Å². The van der Waals surface area contributed by atoms with Gasteiger partial charge in [0, 0.05) is 31.4 Å². The predicted octanol–water partition coefficient (Wildman–Crippen LogP) is 3.43. The quantitative estimate of drug-likeness (QED) is 0.906. The number of nitrogens with one attached hydrogen (secondary N) is 1. The van der Waals surface area contributed by atoms with Crippen molar-refractivity contribution in [2.75, 3.05) is 11.4 Å². The molecule has 0 aromatic carbocycles. The van der Waals surface area contributed by atoms with Crippen molar-refractivity contribution in [3.05, 3.63) is 11.1 Å². The topological polar surface area (TPSA) is 45.2 Å². The van der Waals surface area contributed by atoms with Crippen molar-refractivity contribution in [1.82, 2.24) is 10.3 Å². The molecule has 5 heteroatoms. The van der Waals surface area contributed by atoms with Crippen LogP contribution in [0.5, 0.6) is 0 Å². The summed E-state index contributed by atoms with van der Waals surface area (Å²) in [5.41, 5.74) is 1.04. The first-order valence-electron chi connectivity index (χ1n) is 7.97. The maximum Gasteiger partial charge on any atom is 0.225 e. The minimum atomic E-state index is 0.0569. The molecule has 0 spiro atoms. The van der Waals surface area contributed by atoms with Gasteiger partial charge in [-0.1, -0.05) is 13.8 Å². The molecule has 0 saturated heterocycles. The van der Waals surface area contributed by atoms with E-state index in [1.807, 2.05) is 6.92 Å². The van der Waals surface area contributed by atoms with Crippen LogP contribution in [-0.2, 0) is 11.3 Å². The fourth-order valence-electron chi connectivity index (χ4n) is 2.98. The smallest absolute Gasteiger partial charge is 0.225 e. The maximum absolute atomic E-state index is 11.5. The Morgan fingerprint density at radius 3 is 2.81 bits per heavy atom. The lowest BCUT2D eigenvalue weighted by Crippen LogP contribution is -2.35. The summed E-state index contributed by atoms with van der Waals surface area (Å²) in [6, 6.07) is 0.608. The molecule has 1 heterocycles. The van der Waals surface area contributed by atoms with Crippen LogP contribution in [0.2, 0.25) is 0 Å². The van der Waals surface area contributed by atoms with Crippen LogP contribution >= 0.6 is 11.3 Å². The molecule has 1 fully saturated rings. The van der Waals surface area contributed by atoms with E-state index in [4.69, 9.17) is 0 Å². The second-order valence-electron chi connectivity index (χ2n) is 6.23. The second-order valence-corrected chi connectivity index (χ2v) is 7.07. The fraction of sp³-hybridized carbons (Fsp3) is 0.750. The summed E-state index contributed by atoms with van der Waals surface area (Å²) in [4.78, 5) is 17.8. The first-order chi connectivity index (χ1) is 10.0. The van der Waals surface area contributed by atoms with Gasteiger partial charge in [-0.25, -0.2) is 4.98 Å². The van der Waals surface area contributed by atoms with E-state index in [1.165, 1.54) is 19.3 Å². The first kappa shape index (κ1) is 16.4. The summed E-state index contributed by atoms with van der Waals surface area (Å²) in [5.74, 6) is 1.71. The molecule has 1 aromatic rings. The van der Waals surface area contributed by atoms with E-state index in [9.17, 15) is 4.79 Å². The van der Waals surface area contributed by atoms with Gasteiger partial charge in [0.1, 0.15) is 0 Å². The number of aromatic nitrogens is 1. The summed E-state index contributed by atoms with van der Waals surface area (Å²) in [6.07, 6.45) is 3.83. The van der Waals surface area contributed by atoms with E-state index in [0.29, 0.717) is 12.6 Å². The highest BCUT2D eigenvalue weighted by atomic mass is 32.1. The number of nitrogens with zero attached hydrogens (tertiary/aromatic N) is 2. The van der Waals surface area contributed by atoms with Crippen molar-refractivity contribution in [1.29, 1.82) is 0 Å². The van der Waals surface area contributed by atoms with Crippen molar-refractivity contribution in [3.8, 4) is 0 Å². The molecular weight excluding hydrogens is 282 g/mol. The van der Waals surface area contributed by atoms with E-state index < -0.39 is 0 Å². The van der Waals surface area contributed by atoms with Crippen LogP contribution < -0.4 is 10.2 Å². The maximum atomic E-state index is 11.5. The number of hydrogen-bond donors (Lipinski definition) is 1. The normalized spacial score (nSPS) is 25.8. The Kier molecular flexibility index (Phi) is 5.76. The van der Waals surface area contributed by atoms with E-state index in [0.717, 1.165) is 29.2 Å². The van der Waals surface area contributed by atoms with Crippen molar-refractivity contribution in [2.24, 2.45) is 11.8 Å². The Morgan fingerprint density at radius 1 is 1.43 bits per heavy atom. The van der Waals surface area contributed by atoms with Crippen molar-refractivity contribution in [3.63, 3.8) is 0 Å². The number of hydrogen-bond acceptors (Lipinski definition) is 4. The molecular formula is C16H27N3OS. The summed E-state index contributed by atoms with van der Waals surface area (Å²) in [5, 5.41) is 6.50. The molecule has 1 saturated carbocycles. The van der Waals surface area contributed by atoms with Gasteiger partial charge >= 0.3 is 0 Å². The van der Waals surface area contributed by atoms with Gasteiger partial charge in [-0.3, -0.25) is 9.69 Å². The fourth-order valence-corrected chi connectivity index (χ4v) is 3.91. The summed E-state index contributed by atoms with van der Waals surface area (Å²) < 4.78 is 0. The third-order valence-electron chi connectivity index (χ3n) is 4.64. The van der Waals surface area contributed by atoms with Crippen molar-refractivity contribution < 1.29 is 4.79 Å². The molecule has 0 radical (unpaired) electrons. The van der Waals surface area contributed by atoms with Gasteiger partial charge in [0.25, 0.3) is 0 Å². The van der Waals surface area contributed by atoms with Crippen LogP contribution in [0, 0.1) is 11.8 Å². The first-order valence-corrected chi connectivity index (χ1v) is 8.85. The highest BCUT2D eigenvalue weighted by molar-refractivity contribution is 7.14. The minimum Gasteiger partial charge on any atom is -0.308 e. The average Bonchev–Trinajstić information content (AvgIpc) is 2.89. The summed E-state index contributed by atoms with van der Waals surface area (Å²) >= 11 is 1.55. The zero-order valence-electron chi connectivity index (χ0n) is 13.6. The third-order valence-corrected chi connectivity index (χ3v) is 5.55. The Bertz CT molecular complexity index is 474. The van der Waals surface area contributed by atoms with Crippen molar-refractivity contribution >= 4 is 22.4 Å². The van der Waals surface area contributed by atoms with E-state index in [2.05, 4.69) is 29.5 Å². The lowest BCUT2D eigenvalue weighted by atomic mass is 9.79. The number of carbonyl (C=O) groups excluding carboxylic acids is 1. The van der Waals surface area contributed by atoms with Gasteiger partial charge < -0.3 is 5.32 Å². The van der Waals surface area contributed by atoms with Gasteiger partial charge in [0.2, 0.25) is 5.91 Å². The van der Waals surface area contributed by atoms with Crippen LogP contribution in [0.1, 0.15) is 52.7 Å². The highest BCUT2D eigenvalue weighted by Crippen LogP contribution is 2.29. The molecule has 1 amide bonds. The summed E-state index contributed by atoms with van der Waals surface area (Å²) in [7, 11) is 0. The molecule has 2 rings (SSSR count). The van der Waals surface area contributed by atoms with Gasteiger partial charge in [0.15, 0.2) is 5.13 Å². The molecule has 1 aliphatic rings. The molecule has 4 nitrogen and oxygen atoms in total. The molecule has 1 N–H and O–H groups in total. The predicted molar refractivity (Wildman–Crippen MR) is 88.6 cm³/mol. The minimum absolute atomic E-state index is 0.0569. The van der Waals surface area contributed by atoms with Gasteiger partial charge in [-0.2, -0.15) is 0 Å². The third kappa shape index (κ3) is 4.27. The van der Waals surface area contributed by atoms with E-state index in [1.54, 1.807) is 23.2 Å². The van der Waals surface area contributed by atoms with Gasteiger partial charge in [-0.05, 0) is 38.0 Å². The standard InChI is InChI=1S/C16H27N3OS/c1-5-19(13(4)20)16-18-15(10-21-16)9-17-14-7-6-11(2)12(3)8-14/h10-12,14,17H,5-9H2,1-4H3. The number of thiazole rings is 1. The Morgan fingerprint density at radius 2 is 2.19 bits per heavy atom. The Hall–Kier alpha value is -0.940. The largest absolute Gasteiger partial charge is 0.308 e. The SMILES string of the molecule is CCN(C(C)=O)c1nc(CNC2CCC(C)C(C)C2)cs1. The zero-order chi connectivity index (χ0) is 15.4. The lowest BCUT2D eigenvalue weighted by Gasteiger charge is -2.32. The second kappa shape index (κ2) is 7.36.